The topological polar surface area (TPSA) is 57.2 Å². The fourth-order valence-electron chi connectivity index (χ4n) is 3.52. The number of methoxy groups -OCH3 is 3. The van der Waals surface area contributed by atoms with Gasteiger partial charge in [0.15, 0.2) is 0 Å². The fraction of sp³-hybridized carbons (Fsp3) is 0.280. The Morgan fingerprint density at radius 3 is 1.20 bits per heavy atom. The van der Waals surface area contributed by atoms with E-state index in [1.807, 2.05) is 72.8 Å². The zero-order valence-electron chi connectivity index (χ0n) is 17.6. The molecule has 0 spiro atoms. The molecule has 0 fully saturated rings. The third-order valence-electron chi connectivity index (χ3n) is 5.11. The van der Waals surface area contributed by atoms with Crippen molar-refractivity contribution in [2.45, 2.75) is 12.0 Å². The molecule has 0 amide bonds. The average Bonchev–Trinajstić information content (AvgIpc) is 2.82. The van der Waals surface area contributed by atoms with Crippen LogP contribution in [0.4, 0.5) is 0 Å². The molecule has 3 rings (SSSR count). The highest BCUT2D eigenvalue weighted by atomic mass is 16.5. The van der Waals surface area contributed by atoms with Crippen molar-refractivity contribution in [3.8, 4) is 17.2 Å². The Hall–Kier alpha value is -3.02. The summed E-state index contributed by atoms with van der Waals surface area (Å²) in [5.74, 6) is 2.31. The second kappa shape index (κ2) is 10.1. The van der Waals surface area contributed by atoms with Crippen LogP contribution in [-0.4, -0.2) is 39.6 Å². The minimum Gasteiger partial charge on any atom is -0.497 e. The first-order valence-corrected chi connectivity index (χ1v) is 9.86. The van der Waals surface area contributed by atoms with Gasteiger partial charge >= 0.3 is 0 Å². The average molecular weight is 408 g/mol. The monoisotopic (exact) mass is 408 g/mol. The van der Waals surface area contributed by atoms with Crippen LogP contribution < -0.4 is 14.2 Å². The van der Waals surface area contributed by atoms with Crippen LogP contribution in [0.3, 0.4) is 0 Å². The van der Waals surface area contributed by atoms with Crippen LogP contribution in [0.5, 0.6) is 17.2 Å². The molecule has 0 aliphatic carbocycles. The number of rotatable bonds is 10. The van der Waals surface area contributed by atoms with Gasteiger partial charge in [0.05, 0.1) is 27.9 Å². The summed E-state index contributed by atoms with van der Waals surface area (Å²) in [6.45, 7) is 0.449. The molecule has 30 heavy (non-hydrogen) atoms. The van der Waals surface area contributed by atoms with Gasteiger partial charge in [-0.3, -0.25) is 0 Å². The molecule has 0 unspecified atom stereocenters. The molecule has 0 aliphatic rings. The van der Waals surface area contributed by atoms with Gasteiger partial charge in [-0.25, -0.2) is 0 Å². The van der Waals surface area contributed by atoms with Gasteiger partial charge < -0.3 is 24.1 Å². The Morgan fingerprint density at radius 1 is 0.600 bits per heavy atom. The summed E-state index contributed by atoms with van der Waals surface area (Å²) in [5.41, 5.74) is 1.99. The molecule has 0 heterocycles. The van der Waals surface area contributed by atoms with E-state index >= 15 is 0 Å². The molecule has 5 heteroatoms. The highest BCUT2D eigenvalue weighted by Crippen LogP contribution is 2.42. The Bertz CT molecular complexity index is 786. The zero-order valence-corrected chi connectivity index (χ0v) is 17.6. The first-order valence-electron chi connectivity index (χ1n) is 9.86. The smallest absolute Gasteiger partial charge is 0.143 e. The third kappa shape index (κ3) is 4.42. The van der Waals surface area contributed by atoms with Crippen molar-refractivity contribution in [2.75, 3.05) is 34.5 Å². The van der Waals surface area contributed by atoms with Gasteiger partial charge in [0, 0.05) is 6.61 Å². The summed E-state index contributed by atoms with van der Waals surface area (Å²) in [6.07, 6.45) is 0.532. The zero-order chi connectivity index (χ0) is 21.4. The Morgan fingerprint density at radius 2 is 0.933 bits per heavy atom. The van der Waals surface area contributed by atoms with Gasteiger partial charge in [-0.2, -0.15) is 0 Å². The lowest BCUT2D eigenvalue weighted by atomic mass is 9.80. The van der Waals surface area contributed by atoms with Crippen molar-refractivity contribution in [2.24, 2.45) is 0 Å². The minimum absolute atomic E-state index is 0.0594. The molecule has 0 aliphatic heterocycles. The number of hydrogen-bond acceptors (Lipinski definition) is 5. The van der Waals surface area contributed by atoms with Crippen molar-refractivity contribution >= 4 is 0 Å². The summed E-state index contributed by atoms with van der Waals surface area (Å²) >= 11 is 0. The Kier molecular flexibility index (Phi) is 7.33. The van der Waals surface area contributed by atoms with Crippen molar-refractivity contribution in [1.82, 2.24) is 0 Å². The minimum atomic E-state index is -0.875. The van der Waals surface area contributed by atoms with Crippen molar-refractivity contribution in [1.29, 1.82) is 0 Å². The van der Waals surface area contributed by atoms with Crippen LogP contribution >= 0.6 is 0 Å². The molecule has 3 aromatic carbocycles. The van der Waals surface area contributed by atoms with Crippen molar-refractivity contribution in [3.63, 3.8) is 0 Å². The van der Waals surface area contributed by atoms with E-state index in [9.17, 15) is 5.11 Å². The van der Waals surface area contributed by atoms with Crippen LogP contribution in [-0.2, 0) is 10.3 Å². The third-order valence-corrected chi connectivity index (χ3v) is 5.11. The summed E-state index contributed by atoms with van der Waals surface area (Å²) < 4.78 is 22.6. The van der Waals surface area contributed by atoms with Crippen LogP contribution in [0.15, 0.2) is 72.8 Å². The predicted molar refractivity (Wildman–Crippen MR) is 117 cm³/mol. The molecule has 5 nitrogen and oxygen atoms in total. The summed E-state index contributed by atoms with van der Waals surface area (Å²) in [5, 5.41) is 9.35. The van der Waals surface area contributed by atoms with Crippen molar-refractivity contribution < 1.29 is 24.1 Å². The molecule has 0 bridgehead atoms. The lowest BCUT2D eigenvalue weighted by Gasteiger charge is -2.36. The van der Waals surface area contributed by atoms with Crippen LogP contribution in [0, 0.1) is 0 Å². The van der Waals surface area contributed by atoms with Gasteiger partial charge in [-0.1, -0.05) is 36.4 Å². The molecule has 0 saturated carbocycles. The molecule has 3 aromatic rings. The number of aliphatic hydroxyl groups excluding tert-OH is 1. The molecule has 1 N–H and O–H groups in total. The number of ether oxygens (including phenoxy) is 4. The maximum Gasteiger partial charge on any atom is 0.143 e. The molecular formula is C25H28O5. The lowest BCUT2D eigenvalue weighted by Crippen LogP contribution is -2.33. The van der Waals surface area contributed by atoms with E-state index in [4.69, 9.17) is 18.9 Å². The normalized spacial score (nSPS) is 11.2. The van der Waals surface area contributed by atoms with E-state index in [-0.39, 0.29) is 6.61 Å². The summed E-state index contributed by atoms with van der Waals surface area (Å²) in [7, 11) is 4.94. The second-order valence-corrected chi connectivity index (χ2v) is 6.79. The molecule has 0 atom stereocenters. The van der Waals surface area contributed by atoms with Gasteiger partial charge in [0.2, 0.25) is 0 Å². The van der Waals surface area contributed by atoms with Crippen LogP contribution in [0.2, 0.25) is 0 Å². The van der Waals surface area contributed by atoms with Gasteiger partial charge in [0.25, 0.3) is 0 Å². The van der Waals surface area contributed by atoms with E-state index in [0.717, 1.165) is 33.9 Å². The van der Waals surface area contributed by atoms with E-state index < -0.39 is 5.60 Å². The van der Waals surface area contributed by atoms with Crippen LogP contribution in [0.1, 0.15) is 23.1 Å². The van der Waals surface area contributed by atoms with Gasteiger partial charge in [-0.05, 0) is 59.5 Å². The molecule has 158 valence electrons. The number of hydrogen-bond donors (Lipinski definition) is 1. The van der Waals surface area contributed by atoms with Gasteiger partial charge in [0.1, 0.15) is 22.8 Å². The maximum absolute atomic E-state index is 9.35. The standard InChI is InChI=1S/C25H28O5/c1-27-22-11-5-19(6-12-22)25(30-18-4-17-26,20-7-13-23(28-2)14-8-20)21-9-15-24(29-3)16-10-21/h5-16,26H,4,17-18H2,1-3H3. The first-order chi connectivity index (χ1) is 14.7. The maximum atomic E-state index is 9.35. The number of benzene rings is 3. The Balaban J connectivity index is 2.21. The van der Waals surface area contributed by atoms with Gasteiger partial charge in [-0.15, -0.1) is 0 Å². The van der Waals surface area contributed by atoms with E-state index in [0.29, 0.717) is 13.0 Å². The molecule has 0 aromatic heterocycles. The molecule has 0 radical (unpaired) electrons. The fourth-order valence-corrected chi connectivity index (χ4v) is 3.52. The highest BCUT2D eigenvalue weighted by molar-refractivity contribution is 5.50. The summed E-state index contributed by atoms with van der Waals surface area (Å²) in [6, 6.07) is 23.6. The van der Waals surface area contributed by atoms with Crippen molar-refractivity contribution in [3.05, 3.63) is 89.5 Å². The SMILES string of the molecule is COc1ccc(C(OCCCO)(c2ccc(OC)cc2)c2ccc(OC)cc2)cc1. The largest absolute Gasteiger partial charge is 0.497 e. The van der Waals surface area contributed by atoms with E-state index in [1.165, 1.54) is 0 Å². The Labute approximate surface area is 177 Å². The molecular weight excluding hydrogens is 380 g/mol. The van der Waals surface area contributed by atoms with Crippen LogP contribution in [0.25, 0.3) is 0 Å². The lowest BCUT2D eigenvalue weighted by molar-refractivity contribution is 0.00591. The number of aliphatic hydroxyl groups is 1. The summed E-state index contributed by atoms with van der Waals surface area (Å²) in [4.78, 5) is 0. The highest BCUT2D eigenvalue weighted by Gasteiger charge is 2.37. The molecule has 0 saturated heterocycles. The predicted octanol–water partition coefficient (Wildman–Crippen LogP) is 4.40. The van der Waals surface area contributed by atoms with E-state index in [2.05, 4.69) is 0 Å². The quantitative estimate of drug-likeness (QED) is 0.398. The van der Waals surface area contributed by atoms with E-state index in [1.54, 1.807) is 21.3 Å². The first kappa shape index (κ1) is 21.7. The second-order valence-electron chi connectivity index (χ2n) is 6.79.